The number of nitrogens with one attached hydrogen (secondary N) is 1. The van der Waals surface area contributed by atoms with Gasteiger partial charge in [0.05, 0.1) is 19.3 Å². The van der Waals surface area contributed by atoms with E-state index in [-0.39, 0.29) is 24.8 Å². The maximum Gasteiger partial charge on any atom is 0.410 e. The zero-order valence-corrected chi connectivity index (χ0v) is 13.0. The number of likely N-dealkylation sites (tertiary alicyclic amines) is 1. The van der Waals surface area contributed by atoms with Gasteiger partial charge in [-0.15, -0.1) is 0 Å². The Balaban J connectivity index is 2.49. The van der Waals surface area contributed by atoms with Gasteiger partial charge in [0.1, 0.15) is 6.04 Å². The van der Waals surface area contributed by atoms with Gasteiger partial charge in [0, 0.05) is 26.7 Å². The van der Waals surface area contributed by atoms with Crippen LogP contribution in [0, 0.1) is 5.92 Å². The lowest BCUT2D eigenvalue weighted by Gasteiger charge is -2.23. The minimum absolute atomic E-state index is 0.132. The van der Waals surface area contributed by atoms with Crippen LogP contribution in [0.15, 0.2) is 0 Å². The molecule has 1 rings (SSSR count). The van der Waals surface area contributed by atoms with Gasteiger partial charge in [0.25, 0.3) is 0 Å². The molecule has 1 fully saturated rings. The Hall–Kier alpha value is -1.34. The Labute approximate surface area is 125 Å². The van der Waals surface area contributed by atoms with Crippen molar-refractivity contribution in [3.05, 3.63) is 0 Å². The van der Waals surface area contributed by atoms with Gasteiger partial charge < -0.3 is 19.9 Å². The summed E-state index contributed by atoms with van der Waals surface area (Å²) < 4.78 is 10.0. The lowest BCUT2D eigenvalue weighted by atomic mass is 10.2. The first-order valence-corrected chi connectivity index (χ1v) is 7.33. The summed E-state index contributed by atoms with van der Waals surface area (Å²) in [7, 11) is 1.60. The molecule has 122 valence electrons. The van der Waals surface area contributed by atoms with E-state index in [2.05, 4.69) is 5.32 Å². The van der Waals surface area contributed by atoms with Crippen molar-refractivity contribution in [3.8, 4) is 0 Å². The van der Waals surface area contributed by atoms with Crippen LogP contribution in [0.5, 0.6) is 0 Å². The zero-order valence-electron chi connectivity index (χ0n) is 13.0. The molecule has 0 radical (unpaired) electrons. The third kappa shape index (κ3) is 5.89. The molecular formula is C14H26N2O5. The van der Waals surface area contributed by atoms with Gasteiger partial charge in [-0.1, -0.05) is 13.8 Å². The number of hydrogen-bond donors (Lipinski definition) is 2. The Morgan fingerprint density at radius 2 is 2.14 bits per heavy atom. The highest BCUT2D eigenvalue weighted by Crippen LogP contribution is 2.19. The van der Waals surface area contributed by atoms with Gasteiger partial charge in [-0.3, -0.25) is 9.69 Å². The van der Waals surface area contributed by atoms with Crippen molar-refractivity contribution in [2.75, 3.05) is 33.4 Å². The van der Waals surface area contributed by atoms with Crippen molar-refractivity contribution < 1.29 is 24.2 Å². The summed E-state index contributed by atoms with van der Waals surface area (Å²) in [5, 5.41) is 12.5. The number of hydrogen-bond acceptors (Lipinski definition) is 5. The summed E-state index contributed by atoms with van der Waals surface area (Å²) in [6.07, 6.45) is -0.286. The fraction of sp³-hybridized carbons (Fsp3) is 0.857. The molecule has 2 atom stereocenters. The average Bonchev–Trinajstić information content (AvgIpc) is 2.83. The molecular weight excluding hydrogens is 276 g/mol. The standard InChI is InChI=1S/C14H26N2O5/c1-10(2)9-21-14(19)16-8-11(17)7-12(16)13(18)15-5-4-6-20-3/h10-12,17H,4-9H2,1-3H3,(H,15,18)/t11-,12+/m1/s1. The van der Waals surface area contributed by atoms with Crippen molar-refractivity contribution in [2.24, 2.45) is 5.92 Å². The number of ether oxygens (including phenoxy) is 2. The largest absolute Gasteiger partial charge is 0.449 e. The molecule has 0 aromatic carbocycles. The van der Waals surface area contributed by atoms with Gasteiger partial charge >= 0.3 is 6.09 Å². The van der Waals surface area contributed by atoms with Gasteiger partial charge in [0.15, 0.2) is 0 Å². The van der Waals surface area contributed by atoms with Crippen LogP contribution in [-0.4, -0.2) is 67.6 Å². The molecule has 0 bridgehead atoms. The minimum atomic E-state index is -0.689. The molecule has 2 N–H and O–H groups in total. The Morgan fingerprint density at radius 3 is 2.76 bits per heavy atom. The fourth-order valence-corrected chi connectivity index (χ4v) is 2.13. The van der Waals surface area contributed by atoms with Gasteiger partial charge in [-0.25, -0.2) is 4.79 Å². The van der Waals surface area contributed by atoms with Crippen LogP contribution in [0.2, 0.25) is 0 Å². The highest BCUT2D eigenvalue weighted by Gasteiger charge is 2.39. The predicted octanol–water partition coefficient (Wildman–Crippen LogP) is 0.367. The summed E-state index contributed by atoms with van der Waals surface area (Å²) >= 11 is 0. The van der Waals surface area contributed by atoms with E-state index in [1.54, 1.807) is 7.11 Å². The SMILES string of the molecule is COCCCNC(=O)[C@@H]1C[C@@H](O)CN1C(=O)OCC(C)C. The Morgan fingerprint density at radius 1 is 1.43 bits per heavy atom. The first-order chi connectivity index (χ1) is 9.95. The van der Waals surface area contributed by atoms with Crippen LogP contribution in [0.4, 0.5) is 4.79 Å². The van der Waals surface area contributed by atoms with Crippen LogP contribution in [-0.2, 0) is 14.3 Å². The van der Waals surface area contributed by atoms with Gasteiger partial charge in [-0.2, -0.15) is 0 Å². The van der Waals surface area contributed by atoms with Crippen LogP contribution in [0.3, 0.4) is 0 Å². The molecule has 21 heavy (non-hydrogen) atoms. The molecule has 1 aliphatic heterocycles. The number of carbonyl (C=O) groups is 2. The number of aliphatic hydroxyl groups excluding tert-OH is 1. The first-order valence-electron chi connectivity index (χ1n) is 7.33. The van der Waals surface area contributed by atoms with E-state index in [1.807, 2.05) is 13.8 Å². The molecule has 7 heteroatoms. The molecule has 1 saturated heterocycles. The van der Waals surface area contributed by atoms with E-state index in [4.69, 9.17) is 9.47 Å². The number of β-amino-alcohol motifs (C(OH)–C–C–N with tert-alkyl or cyclic N) is 1. The molecule has 0 saturated carbocycles. The highest BCUT2D eigenvalue weighted by molar-refractivity contribution is 5.86. The number of amides is 2. The highest BCUT2D eigenvalue weighted by atomic mass is 16.6. The van der Waals surface area contributed by atoms with Crippen LogP contribution in [0.25, 0.3) is 0 Å². The monoisotopic (exact) mass is 302 g/mol. The second-order valence-electron chi connectivity index (χ2n) is 5.67. The van der Waals surface area contributed by atoms with E-state index in [0.717, 1.165) is 0 Å². The number of rotatable bonds is 7. The van der Waals surface area contributed by atoms with Crippen molar-refractivity contribution in [2.45, 2.75) is 38.8 Å². The maximum absolute atomic E-state index is 12.1. The lowest BCUT2D eigenvalue weighted by molar-refractivity contribution is -0.125. The summed E-state index contributed by atoms with van der Waals surface area (Å²) in [4.78, 5) is 25.4. The van der Waals surface area contributed by atoms with Crippen molar-refractivity contribution in [1.82, 2.24) is 10.2 Å². The molecule has 1 aliphatic rings. The Kier molecular flexibility index (Phi) is 7.45. The van der Waals surface area contributed by atoms with E-state index in [1.165, 1.54) is 4.90 Å². The second kappa shape index (κ2) is 8.84. The third-order valence-corrected chi connectivity index (χ3v) is 3.18. The van der Waals surface area contributed by atoms with E-state index >= 15 is 0 Å². The minimum Gasteiger partial charge on any atom is -0.449 e. The summed E-state index contributed by atoms with van der Waals surface area (Å²) in [5.74, 6) is -0.0352. The topological polar surface area (TPSA) is 88.1 Å². The van der Waals surface area contributed by atoms with Crippen molar-refractivity contribution in [1.29, 1.82) is 0 Å². The van der Waals surface area contributed by atoms with E-state index in [0.29, 0.717) is 26.2 Å². The number of carbonyl (C=O) groups excluding carboxylic acids is 2. The molecule has 0 aromatic heterocycles. The molecule has 0 aromatic rings. The van der Waals surface area contributed by atoms with Gasteiger partial charge in [-0.05, 0) is 12.3 Å². The molecule has 7 nitrogen and oxygen atoms in total. The fourth-order valence-electron chi connectivity index (χ4n) is 2.13. The molecule has 0 aliphatic carbocycles. The molecule has 0 spiro atoms. The third-order valence-electron chi connectivity index (χ3n) is 3.18. The number of aliphatic hydroxyl groups is 1. The van der Waals surface area contributed by atoms with E-state index in [9.17, 15) is 14.7 Å². The van der Waals surface area contributed by atoms with Crippen molar-refractivity contribution in [3.63, 3.8) is 0 Å². The summed E-state index contributed by atoms with van der Waals surface area (Å²) in [5.41, 5.74) is 0. The lowest BCUT2D eigenvalue weighted by Crippen LogP contribution is -2.46. The molecule has 2 amide bonds. The summed E-state index contributed by atoms with van der Waals surface area (Å²) in [6, 6.07) is -0.665. The second-order valence-corrected chi connectivity index (χ2v) is 5.67. The normalized spacial score (nSPS) is 21.7. The van der Waals surface area contributed by atoms with Gasteiger partial charge in [0.2, 0.25) is 5.91 Å². The van der Waals surface area contributed by atoms with Crippen LogP contribution in [0.1, 0.15) is 26.7 Å². The van der Waals surface area contributed by atoms with Crippen LogP contribution < -0.4 is 5.32 Å². The van der Waals surface area contributed by atoms with Crippen molar-refractivity contribution >= 4 is 12.0 Å². The Bertz CT molecular complexity index is 348. The number of methoxy groups -OCH3 is 1. The molecule has 0 unspecified atom stereocenters. The average molecular weight is 302 g/mol. The predicted molar refractivity (Wildman–Crippen MR) is 76.8 cm³/mol. The first kappa shape index (κ1) is 17.7. The van der Waals surface area contributed by atoms with E-state index < -0.39 is 18.2 Å². The summed E-state index contributed by atoms with van der Waals surface area (Å²) in [6.45, 7) is 5.35. The quantitative estimate of drug-likeness (QED) is 0.663. The maximum atomic E-state index is 12.1. The van der Waals surface area contributed by atoms with Crippen LogP contribution >= 0.6 is 0 Å². The smallest absolute Gasteiger partial charge is 0.410 e. The molecule has 1 heterocycles. The zero-order chi connectivity index (χ0) is 15.8. The number of nitrogens with zero attached hydrogens (tertiary/aromatic N) is 1.